The summed E-state index contributed by atoms with van der Waals surface area (Å²) in [4.78, 5) is 31.0. The maximum absolute atomic E-state index is 12.9. The zero-order valence-corrected chi connectivity index (χ0v) is 25.6. The van der Waals surface area contributed by atoms with Crippen molar-refractivity contribution in [3.8, 4) is 23.0 Å². The molecule has 0 atom stereocenters. The summed E-state index contributed by atoms with van der Waals surface area (Å²) in [5.74, 6) is 2.32. The van der Waals surface area contributed by atoms with Crippen LogP contribution in [0.1, 0.15) is 35.4 Å². The van der Waals surface area contributed by atoms with E-state index in [1.165, 1.54) is 11.3 Å². The van der Waals surface area contributed by atoms with Crippen LogP contribution in [-0.4, -0.2) is 96.5 Å². The van der Waals surface area contributed by atoms with E-state index in [1.807, 2.05) is 12.1 Å². The van der Waals surface area contributed by atoms with Gasteiger partial charge in [0.05, 0.1) is 51.2 Å². The van der Waals surface area contributed by atoms with Crippen LogP contribution in [0.5, 0.6) is 23.0 Å². The molecule has 0 unspecified atom stereocenters. The van der Waals surface area contributed by atoms with Crippen LogP contribution in [0.3, 0.4) is 0 Å². The van der Waals surface area contributed by atoms with Crippen LogP contribution >= 0.6 is 11.3 Å². The lowest BCUT2D eigenvalue weighted by Crippen LogP contribution is -2.37. The molecule has 0 amide bonds. The van der Waals surface area contributed by atoms with Crippen molar-refractivity contribution in [2.24, 2.45) is 0 Å². The van der Waals surface area contributed by atoms with Gasteiger partial charge in [0.25, 0.3) is 0 Å². The van der Waals surface area contributed by atoms with Crippen molar-refractivity contribution in [1.82, 2.24) is 19.9 Å². The van der Waals surface area contributed by atoms with Gasteiger partial charge in [-0.05, 0) is 43.5 Å². The minimum atomic E-state index is -0.251. The van der Waals surface area contributed by atoms with E-state index in [1.54, 1.807) is 43.1 Å². The van der Waals surface area contributed by atoms with E-state index >= 15 is 0 Å². The maximum atomic E-state index is 12.9. The number of aromatic nitrogens is 3. The summed E-state index contributed by atoms with van der Waals surface area (Å²) >= 11 is 1.46. The number of carbonyl (C=O) groups excluding carboxylic acids is 1. The average molecular weight is 620 g/mol. The molecule has 1 aromatic carbocycles. The molecule has 0 radical (unpaired) electrons. The van der Waals surface area contributed by atoms with E-state index in [0.29, 0.717) is 41.0 Å². The molecule has 6 rings (SSSR count). The van der Waals surface area contributed by atoms with Gasteiger partial charge in [0, 0.05) is 61.4 Å². The van der Waals surface area contributed by atoms with Gasteiger partial charge >= 0.3 is 0 Å². The number of piperidine rings is 1. The van der Waals surface area contributed by atoms with Gasteiger partial charge in [0.15, 0.2) is 22.4 Å². The fraction of sp³-hybridized carbons (Fsp3) is 0.438. The summed E-state index contributed by atoms with van der Waals surface area (Å²) in [5.41, 5.74) is 1.80. The first-order chi connectivity index (χ1) is 21.6. The lowest BCUT2D eigenvalue weighted by Gasteiger charge is -2.29. The van der Waals surface area contributed by atoms with Crippen molar-refractivity contribution in [2.45, 2.75) is 31.8 Å². The number of pyridine rings is 2. The highest BCUT2D eigenvalue weighted by molar-refractivity contribution is 7.13. The van der Waals surface area contributed by atoms with E-state index in [2.05, 4.69) is 24.8 Å². The number of hydrogen-bond acceptors (Lipinski definition) is 12. The second-order valence-corrected chi connectivity index (χ2v) is 11.7. The molecule has 2 aliphatic heterocycles. The molecule has 4 aromatic rings. The highest BCUT2D eigenvalue weighted by Gasteiger charge is 2.21. The third-order valence-corrected chi connectivity index (χ3v) is 8.75. The molecule has 0 aliphatic carbocycles. The zero-order chi connectivity index (χ0) is 30.3. The number of anilines is 1. The summed E-state index contributed by atoms with van der Waals surface area (Å²) in [7, 11) is 1.62. The van der Waals surface area contributed by atoms with Crippen LogP contribution < -0.4 is 19.1 Å². The molecular formula is C32H37N5O6S. The highest BCUT2D eigenvalue weighted by Crippen LogP contribution is 2.37. The third kappa shape index (κ3) is 7.44. The van der Waals surface area contributed by atoms with Gasteiger partial charge in [-0.15, -0.1) is 11.3 Å². The summed E-state index contributed by atoms with van der Waals surface area (Å²) in [5, 5.41) is 13.1. The van der Waals surface area contributed by atoms with Gasteiger partial charge in [-0.1, -0.05) is 0 Å². The van der Waals surface area contributed by atoms with E-state index in [4.69, 9.17) is 18.9 Å². The quantitative estimate of drug-likeness (QED) is 0.180. The molecule has 0 bridgehead atoms. The Hall–Kier alpha value is -3.84. The van der Waals surface area contributed by atoms with E-state index in [9.17, 15) is 9.90 Å². The highest BCUT2D eigenvalue weighted by atomic mass is 32.1. The smallest absolute Gasteiger partial charge is 0.188 e. The summed E-state index contributed by atoms with van der Waals surface area (Å²) in [6.07, 6.45) is 5.54. The van der Waals surface area contributed by atoms with Crippen LogP contribution in [-0.2, 0) is 11.2 Å². The molecule has 0 spiro atoms. The number of morpholine rings is 1. The number of methoxy groups -OCH3 is 1. The number of fused-ring (bicyclic) bond motifs is 1. The third-order valence-electron chi connectivity index (χ3n) is 7.85. The van der Waals surface area contributed by atoms with E-state index in [-0.39, 0.29) is 18.3 Å². The van der Waals surface area contributed by atoms with Crippen LogP contribution in [0, 0.1) is 0 Å². The Morgan fingerprint density at radius 3 is 2.68 bits per heavy atom. The number of hydrogen-bond donors (Lipinski definition) is 1. The first-order valence-corrected chi connectivity index (χ1v) is 15.9. The zero-order valence-electron chi connectivity index (χ0n) is 24.8. The monoisotopic (exact) mass is 619 g/mol. The largest absolute Gasteiger partial charge is 0.493 e. The Labute approximate surface area is 260 Å². The normalized spacial score (nSPS) is 16.3. The van der Waals surface area contributed by atoms with Crippen LogP contribution in [0.2, 0.25) is 0 Å². The first-order valence-electron chi connectivity index (χ1n) is 15.0. The fourth-order valence-electron chi connectivity index (χ4n) is 5.34. The molecule has 232 valence electrons. The minimum absolute atomic E-state index is 0.0861. The van der Waals surface area contributed by atoms with Gasteiger partial charge in [-0.2, -0.15) is 0 Å². The standard InChI is InChI=1S/C32H37N5O6S/c1-40-30-18-25-26(19-31(30)42-14-2-9-36-12-15-41-16-13-36)33-8-5-29(25)43-24-4-3-22(34-20-24)17-28(39)27-21-44-32(35-27)37-10-6-23(38)7-11-37/h3-5,8,18-21,23,38H,2,6-7,9-17H2,1H3. The lowest BCUT2D eigenvalue weighted by atomic mass is 10.1. The average Bonchev–Trinajstić information content (AvgIpc) is 3.55. The van der Waals surface area contributed by atoms with Gasteiger partial charge in [0.1, 0.15) is 17.2 Å². The Morgan fingerprint density at radius 2 is 1.91 bits per heavy atom. The predicted octanol–water partition coefficient (Wildman–Crippen LogP) is 4.37. The number of benzene rings is 1. The molecule has 2 saturated heterocycles. The maximum Gasteiger partial charge on any atom is 0.188 e. The predicted molar refractivity (Wildman–Crippen MR) is 168 cm³/mol. The van der Waals surface area contributed by atoms with Crippen molar-refractivity contribution in [3.63, 3.8) is 0 Å². The molecule has 1 N–H and O–H groups in total. The Balaban J connectivity index is 1.07. The molecule has 12 heteroatoms. The molecule has 11 nitrogen and oxygen atoms in total. The van der Waals surface area contributed by atoms with Crippen molar-refractivity contribution in [1.29, 1.82) is 0 Å². The molecule has 0 saturated carbocycles. The van der Waals surface area contributed by atoms with Gasteiger partial charge in [-0.3, -0.25) is 19.7 Å². The Bertz CT molecular complexity index is 1550. The fourth-order valence-corrected chi connectivity index (χ4v) is 6.22. The van der Waals surface area contributed by atoms with Crippen molar-refractivity contribution >= 4 is 33.2 Å². The lowest BCUT2D eigenvalue weighted by molar-refractivity contribution is 0.0357. The topological polar surface area (TPSA) is 119 Å². The summed E-state index contributed by atoms with van der Waals surface area (Å²) in [6.45, 7) is 6.53. The van der Waals surface area contributed by atoms with Gasteiger partial charge in [-0.25, -0.2) is 4.98 Å². The van der Waals surface area contributed by atoms with Gasteiger partial charge < -0.3 is 29.0 Å². The molecule has 2 aliphatic rings. The summed E-state index contributed by atoms with van der Waals surface area (Å²) < 4.78 is 23.3. The molecule has 44 heavy (non-hydrogen) atoms. The minimum Gasteiger partial charge on any atom is -0.493 e. The van der Waals surface area contributed by atoms with Crippen molar-refractivity contribution < 1.29 is 28.8 Å². The van der Waals surface area contributed by atoms with Crippen LogP contribution in [0.25, 0.3) is 10.9 Å². The Morgan fingerprint density at radius 1 is 1.07 bits per heavy atom. The molecular weight excluding hydrogens is 582 g/mol. The number of thiazole rings is 1. The van der Waals surface area contributed by atoms with Crippen LogP contribution in [0.15, 0.2) is 48.1 Å². The molecule has 2 fully saturated rings. The van der Waals surface area contributed by atoms with Crippen molar-refractivity contribution in [2.75, 3.05) is 64.6 Å². The number of Topliss-reactive ketones (excluding diaryl/α,β-unsaturated/α-hetero) is 1. The number of ether oxygens (including phenoxy) is 4. The second-order valence-electron chi connectivity index (χ2n) is 10.9. The number of aliphatic hydroxyl groups is 1. The first kappa shape index (κ1) is 30.2. The van der Waals surface area contributed by atoms with Crippen molar-refractivity contribution in [3.05, 3.63) is 59.5 Å². The summed E-state index contributed by atoms with van der Waals surface area (Å²) in [6, 6.07) is 9.14. The second kappa shape index (κ2) is 14.3. The number of aliphatic hydroxyl groups excluding tert-OH is 1. The SMILES string of the molecule is COc1cc2c(Oc3ccc(CC(=O)c4csc(N5CCC(O)CC5)n4)nc3)ccnc2cc1OCCCN1CCOCC1. The Kier molecular flexibility index (Phi) is 9.81. The number of rotatable bonds is 12. The van der Waals surface area contributed by atoms with E-state index < -0.39 is 0 Å². The number of carbonyl (C=O) groups is 1. The number of nitrogens with zero attached hydrogens (tertiary/aromatic N) is 5. The molecule has 3 aromatic heterocycles. The van der Waals surface area contributed by atoms with Gasteiger partial charge in [0.2, 0.25) is 0 Å². The molecule has 5 heterocycles. The number of ketones is 1. The van der Waals surface area contributed by atoms with E-state index in [0.717, 1.165) is 81.2 Å². The van der Waals surface area contributed by atoms with Crippen LogP contribution in [0.4, 0.5) is 5.13 Å².